The molecule has 1 N–H and O–H groups in total. The fraction of sp³-hybridized carbons (Fsp3) is 1.00. The summed E-state index contributed by atoms with van der Waals surface area (Å²) in [6.45, 7) is 5.21. The normalized spacial score (nSPS) is 28.4. The molecule has 6 heteroatoms. The molecule has 2 aliphatic rings. The van der Waals surface area contributed by atoms with Crippen LogP contribution < -0.4 is 5.32 Å². The van der Waals surface area contributed by atoms with E-state index < -0.39 is 10.2 Å². The van der Waals surface area contributed by atoms with Gasteiger partial charge in [-0.15, -0.1) is 0 Å². The van der Waals surface area contributed by atoms with E-state index in [0.717, 1.165) is 38.9 Å². The van der Waals surface area contributed by atoms with Gasteiger partial charge in [-0.2, -0.15) is 17.0 Å². The molecule has 0 radical (unpaired) electrons. The minimum Gasteiger partial charge on any atom is -0.317 e. The Balaban J connectivity index is 1.86. The minimum atomic E-state index is -3.22. The Hall–Kier alpha value is -0.170. The summed E-state index contributed by atoms with van der Waals surface area (Å²) in [5, 5.41) is 3.22. The molecule has 0 amide bonds. The Labute approximate surface area is 111 Å². The van der Waals surface area contributed by atoms with Gasteiger partial charge in [-0.05, 0) is 44.7 Å². The van der Waals surface area contributed by atoms with E-state index in [2.05, 4.69) is 12.2 Å². The molecule has 5 nitrogen and oxygen atoms in total. The van der Waals surface area contributed by atoms with Gasteiger partial charge in [0.05, 0.1) is 0 Å². The number of hydrogen-bond donors (Lipinski definition) is 1. The van der Waals surface area contributed by atoms with Crippen molar-refractivity contribution in [1.29, 1.82) is 0 Å². The minimum absolute atomic E-state index is 0.274. The van der Waals surface area contributed by atoms with Gasteiger partial charge in [0.25, 0.3) is 10.2 Å². The first-order chi connectivity index (χ1) is 8.55. The number of nitrogens with zero attached hydrogens (tertiary/aromatic N) is 2. The van der Waals surface area contributed by atoms with Crippen molar-refractivity contribution >= 4 is 10.2 Å². The van der Waals surface area contributed by atoms with Gasteiger partial charge in [0.2, 0.25) is 0 Å². The van der Waals surface area contributed by atoms with Crippen LogP contribution in [0, 0.1) is 5.92 Å². The van der Waals surface area contributed by atoms with Crippen LogP contribution in [-0.4, -0.2) is 56.3 Å². The zero-order valence-electron chi connectivity index (χ0n) is 11.4. The summed E-state index contributed by atoms with van der Waals surface area (Å²) in [5.41, 5.74) is 0. The Bertz CT molecular complexity index is 372. The van der Waals surface area contributed by atoms with Crippen LogP contribution in [0.1, 0.15) is 32.6 Å². The highest BCUT2D eigenvalue weighted by Crippen LogP contribution is 2.39. The van der Waals surface area contributed by atoms with Crippen LogP contribution in [0.15, 0.2) is 0 Å². The Morgan fingerprint density at radius 3 is 2.72 bits per heavy atom. The molecule has 1 aliphatic carbocycles. The largest absolute Gasteiger partial charge is 0.317 e. The molecule has 0 spiro atoms. The van der Waals surface area contributed by atoms with Gasteiger partial charge in [0, 0.05) is 26.2 Å². The number of rotatable bonds is 7. The second-order valence-electron chi connectivity index (χ2n) is 5.44. The highest BCUT2D eigenvalue weighted by Gasteiger charge is 2.44. The molecule has 2 atom stereocenters. The average molecular weight is 275 g/mol. The van der Waals surface area contributed by atoms with Gasteiger partial charge in [-0.3, -0.25) is 0 Å². The van der Waals surface area contributed by atoms with Crippen LogP contribution in [0.3, 0.4) is 0 Å². The predicted molar refractivity (Wildman–Crippen MR) is 72.5 cm³/mol. The first kappa shape index (κ1) is 14.2. The Kier molecular flexibility index (Phi) is 4.64. The standard InChI is InChI=1S/C12H25N3O2S/c1-3-13-7-4-8-14(2)18(16,17)15-10-11-5-6-12(15)9-11/h11-13H,3-10H2,1-2H3. The fourth-order valence-electron chi connectivity index (χ4n) is 3.06. The van der Waals surface area contributed by atoms with E-state index in [1.165, 1.54) is 10.7 Å². The van der Waals surface area contributed by atoms with Crippen molar-refractivity contribution in [3.8, 4) is 0 Å². The van der Waals surface area contributed by atoms with Crippen LogP contribution in [0.4, 0.5) is 0 Å². The second-order valence-corrected chi connectivity index (χ2v) is 7.43. The van der Waals surface area contributed by atoms with E-state index in [1.807, 2.05) is 0 Å². The van der Waals surface area contributed by atoms with Crippen LogP contribution in [0.2, 0.25) is 0 Å². The van der Waals surface area contributed by atoms with Gasteiger partial charge in [-0.25, -0.2) is 0 Å². The first-order valence-electron chi connectivity index (χ1n) is 6.99. The van der Waals surface area contributed by atoms with Crippen LogP contribution in [0.25, 0.3) is 0 Å². The summed E-state index contributed by atoms with van der Waals surface area (Å²) in [7, 11) is -1.52. The molecule has 106 valence electrons. The van der Waals surface area contributed by atoms with E-state index in [-0.39, 0.29) is 6.04 Å². The third-order valence-corrected chi connectivity index (χ3v) is 6.14. The topological polar surface area (TPSA) is 52.7 Å². The summed E-state index contributed by atoms with van der Waals surface area (Å²) in [6, 6.07) is 0.274. The quantitative estimate of drug-likeness (QED) is 0.694. The second kappa shape index (κ2) is 5.86. The summed E-state index contributed by atoms with van der Waals surface area (Å²) in [6.07, 6.45) is 4.20. The third kappa shape index (κ3) is 2.87. The van der Waals surface area contributed by atoms with Gasteiger partial charge in [-0.1, -0.05) is 6.92 Å². The van der Waals surface area contributed by atoms with Crippen molar-refractivity contribution in [3.05, 3.63) is 0 Å². The van der Waals surface area contributed by atoms with Crippen molar-refractivity contribution in [3.63, 3.8) is 0 Å². The monoisotopic (exact) mass is 275 g/mol. The molecule has 0 aromatic carbocycles. The lowest BCUT2D eigenvalue weighted by Crippen LogP contribution is -2.46. The molecule has 1 aliphatic heterocycles. The van der Waals surface area contributed by atoms with Gasteiger partial charge < -0.3 is 5.32 Å². The van der Waals surface area contributed by atoms with Crippen molar-refractivity contribution < 1.29 is 8.42 Å². The average Bonchev–Trinajstić information content (AvgIpc) is 2.96. The molecular formula is C12H25N3O2S. The SMILES string of the molecule is CCNCCCN(C)S(=O)(=O)N1CC2CCC1C2. The molecule has 2 bridgehead atoms. The molecule has 2 unspecified atom stereocenters. The van der Waals surface area contributed by atoms with Crippen molar-refractivity contribution in [1.82, 2.24) is 13.9 Å². The van der Waals surface area contributed by atoms with E-state index in [1.54, 1.807) is 11.4 Å². The van der Waals surface area contributed by atoms with Gasteiger partial charge in [0.15, 0.2) is 0 Å². The molecule has 0 aromatic rings. The Morgan fingerprint density at radius 2 is 2.17 bits per heavy atom. The number of nitrogens with one attached hydrogen (secondary N) is 1. The van der Waals surface area contributed by atoms with E-state index in [9.17, 15) is 8.42 Å². The summed E-state index contributed by atoms with van der Waals surface area (Å²) in [4.78, 5) is 0. The summed E-state index contributed by atoms with van der Waals surface area (Å²) < 4.78 is 28.1. The maximum absolute atomic E-state index is 12.4. The Morgan fingerprint density at radius 1 is 1.39 bits per heavy atom. The van der Waals surface area contributed by atoms with E-state index >= 15 is 0 Å². The lowest BCUT2D eigenvalue weighted by molar-refractivity contribution is 0.303. The lowest BCUT2D eigenvalue weighted by Gasteiger charge is -2.30. The van der Waals surface area contributed by atoms with Crippen LogP contribution in [-0.2, 0) is 10.2 Å². The maximum Gasteiger partial charge on any atom is 0.281 e. The van der Waals surface area contributed by atoms with Gasteiger partial charge in [0.1, 0.15) is 0 Å². The summed E-state index contributed by atoms with van der Waals surface area (Å²) in [5.74, 6) is 0.611. The highest BCUT2D eigenvalue weighted by molar-refractivity contribution is 7.86. The smallest absolute Gasteiger partial charge is 0.281 e. The third-order valence-electron chi connectivity index (χ3n) is 4.13. The molecule has 2 rings (SSSR count). The number of piperidine rings is 1. The van der Waals surface area contributed by atoms with E-state index in [4.69, 9.17) is 0 Å². The van der Waals surface area contributed by atoms with Crippen molar-refractivity contribution in [2.75, 3.05) is 33.2 Å². The zero-order valence-corrected chi connectivity index (χ0v) is 12.2. The molecule has 0 aromatic heterocycles. The molecule has 18 heavy (non-hydrogen) atoms. The van der Waals surface area contributed by atoms with E-state index in [0.29, 0.717) is 12.5 Å². The van der Waals surface area contributed by atoms with Crippen molar-refractivity contribution in [2.24, 2.45) is 5.92 Å². The zero-order chi connectivity index (χ0) is 13.2. The van der Waals surface area contributed by atoms with Crippen LogP contribution >= 0.6 is 0 Å². The maximum atomic E-state index is 12.4. The lowest BCUT2D eigenvalue weighted by atomic mass is 10.1. The molecule has 2 fully saturated rings. The predicted octanol–water partition coefficient (Wildman–Crippen LogP) is 0.647. The van der Waals surface area contributed by atoms with Gasteiger partial charge >= 0.3 is 0 Å². The van der Waals surface area contributed by atoms with Crippen molar-refractivity contribution in [2.45, 2.75) is 38.6 Å². The first-order valence-corrected chi connectivity index (χ1v) is 8.39. The highest BCUT2D eigenvalue weighted by atomic mass is 32.2. The number of hydrogen-bond acceptors (Lipinski definition) is 3. The molecular weight excluding hydrogens is 250 g/mol. The number of fused-ring (bicyclic) bond motifs is 2. The van der Waals surface area contributed by atoms with Crippen LogP contribution in [0.5, 0.6) is 0 Å². The molecule has 1 saturated carbocycles. The fourth-order valence-corrected chi connectivity index (χ4v) is 4.75. The molecule has 1 heterocycles. The summed E-state index contributed by atoms with van der Waals surface area (Å²) >= 11 is 0. The molecule has 1 saturated heterocycles.